The highest BCUT2D eigenvalue weighted by molar-refractivity contribution is 6.06. The number of hydrogen-bond donors (Lipinski definition) is 3. The lowest BCUT2D eigenvalue weighted by Gasteiger charge is -2.21. The number of carbonyl (C=O) groups is 3. The summed E-state index contributed by atoms with van der Waals surface area (Å²) in [4.78, 5) is 39.2. The Bertz CT molecular complexity index is 1150. The molecule has 0 unspecified atom stereocenters. The molecule has 0 bridgehead atoms. The maximum Gasteiger partial charge on any atom is 0.258 e. The molecule has 0 aromatic heterocycles. The van der Waals surface area contributed by atoms with E-state index in [1.165, 1.54) is 0 Å². The van der Waals surface area contributed by atoms with Crippen LogP contribution in [0.5, 0.6) is 0 Å². The lowest BCUT2D eigenvalue weighted by Crippen LogP contribution is -2.40. The van der Waals surface area contributed by atoms with Gasteiger partial charge >= 0.3 is 0 Å². The van der Waals surface area contributed by atoms with Crippen molar-refractivity contribution in [2.24, 2.45) is 0 Å². The number of hydrogen-bond acceptors (Lipinski definition) is 4. The van der Waals surface area contributed by atoms with Gasteiger partial charge in [-0.2, -0.15) is 0 Å². The van der Waals surface area contributed by atoms with Crippen LogP contribution in [-0.2, 0) is 4.79 Å². The minimum absolute atomic E-state index is 0.0602. The molecule has 3 rings (SSSR count). The topological polar surface area (TPSA) is 90.5 Å². The van der Waals surface area contributed by atoms with Crippen LogP contribution in [0.1, 0.15) is 48.4 Å². The van der Waals surface area contributed by atoms with E-state index < -0.39 is 0 Å². The summed E-state index contributed by atoms with van der Waals surface area (Å²) < 4.78 is 0. The molecule has 0 aliphatic heterocycles. The molecule has 3 N–H and O–H groups in total. The van der Waals surface area contributed by atoms with Gasteiger partial charge in [0.25, 0.3) is 11.8 Å². The first-order valence-electron chi connectivity index (χ1n) is 11.6. The van der Waals surface area contributed by atoms with Gasteiger partial charge in [-0.1, -0.05) is 18.2 Å². The molecule has 0 aliphatic carbocycles. The van der Waals surface area contributed by atoms with E-state index in [1.54, 1.807) is 53.4 Å². The van der Waals surface area contributed by atoms with E-state index >= 15 is 0 Å². The van der Waals surface area contributed by atoms with E-state index in [4.69, 9.17) is 0 Å². The van der Waals surface area contributed by atoms with Gasteiger partial charge < -0.3 is 20.9 Å². The molecular formula is C28H32N4O3. The number of carbonyl (C=O) groups excluding carboxylic acids is 3. The molecule has 0 atom stereocenters. The van der Waals surface area contributed by atoms with Crippen molar-refractivity contribution in [3.8, 4) is 0 Å². The van der Waals surface area contributed by atoms with Crippen LogP contribution in [0.3, 0.4) is 0 Å². The first kappa shape index (κ1) is 25.5. The van der Waals surface area contributed by atoms with E-state index in [1.807, 2.05) is 58.0 Å². The first-order chi connectivity index (χ1) is 16.7. The molecule has 0 spiro atoms. The van der Waals surface area contributed by atoms with Gasteiger partial charge in [0.1, 0.15) is 0 Å². The number of nitrogens with one attached hydrogen (secondary N) is 3. The quantitative estimate of drug-likeness (QED) is 0.433. The fourth-order valence-electron chi connectivity index (χ4n) is 3.44. The fourth-order valence-corrected chi connectivity index (χ4v) is 3.44. The zero-order valence-corrected chi connectivity index (χ0v) is 20.6. The first-order valence-corrected chi connectivity index (χ1v) is 11.6. The summed E-state index contributed by atoms with van der Waals surface area (Å²) in [6.07, 6.45) is 0. The predicted octanol–water partition coefficient (Wildman–Crippen LogP) is 4.93. The second-order valence-electron chi connectivity index (χ2n) is 9.15. The molecule has 0 aliphatic rings. The van der Waals surface area contributed by atoms with Crippen molar-refractivity contribution in [2.45, 2.75) is 33.2 Å². The lowest BCUT2D eigenvalue weighted by molar-refractivity contribution is -0.114. The summed E-state index contributed by atoms with van der Waals surface area (Å²) >= 11 is 0. The highest BCUT2D eigenvalue weighted by Crippen LogP contribution is 2.18. The van der Waals surface area contributed by atoms with Crippen LogP contribution in [-0.4, -0.2) is 36.3 Å². The van der Waals surface area contributed by atoms with Crippen LogP contribution in [0.25, 0.3) is 0 Å². The Morgan fingerprint density at radius 3 is 1.91 bits per heavy atom. The minimum atomic E-state index is -0.321. The van der Waals surface area contributed by atoms with Gasteiger partial charge in [-0.25, -0.2) is 0 Å². The fraction of sp³-hybridized carbons (Fsp3) is 0.250. The van der Waals surface area contributed by atoms with Crippen LogP contribution in [0, 0.1) is 0 Å². The molecule has 0 heterocycles. The van der Waals surface area contributed by atoms with E-state index in [2.05, 4.69) is 16.0 Å². The maximum atomic E-state index is 12.9. The SMILES string of the molecule is CCN(C(=O)c1ccc(NCC(=O)Nc2ccc(C(=O)NC(C)(C)C)cc2)cc1)c1ccccc1. The van der Waals surface area contributed by atoms with E-state index in [0.717, 1.165) is 11.4 Å². The average molecular weight is 473 g/mol. The second kappa shape index (κ2) is 11.3. The summed E-state index contributed by atoms with van der Waals surface area (Å²) in [7, 11) is 0. The van der Waals surface area contributed by atoms with Crippen molar-refractivity contribution in [2.75, 3.05) is 28.6 Å². The average Bonchev–Trinajstić information content (AvgIpc) is 2.83. The summed E-state index contributed by atoms with van der Waals surface area (Å²) in [5.74, 6) is -0.467. The molecule has 3 aromatic carbocycles. The van der Waals surface area contributed by atoms with E-state index in [-0.39, 0.29) is 29.8 Å². The molecule has 0 saturated heterocycles. The summed E-state index contributed by atoms with van der Waals surface area (Å²) in [6.45, 7) is 8.32. The van der Waals surface area contributed by atoms with Gasteiger partial charge in [-0.15, -0.1) is 0 Å². The molecule has 3 amide bonds. The molecule has 0 fully saturated rings. The molecule has 0 radical (unpaired) electrons. The lowest BCUT2D eigenvalue weighted by atomic mass is 10.1. The number of benzene rings is 3. The monoisotopic (exact) mass is 472 g/mol. The molecule has 3 aromatic rings. The third-order valence-electron chi connectivity index (χ3n) is 5.13. The van der Waals surface area contributed by atoms with Crippen LogP contribution in [0.4, 0.5) is 17.1 Å². The Morgan fingerprint density at radius 1 is 0.771 bits per heavy atom. The summed E-state index contributed by atoms with van der Waals surface area (Å²) in [5, 5.41) is 8.77. The molecule has 7 heteroatoms. The smallest absolute Gasteiger partial charge is 0.258 e. The van der Waals surface area contributed by atoms with Crippen LogP contribution in [0.2, 0.25) is 0 Å². The summed E-state index contributed by atoms with van der Waals surface area (Å²) in [6, 6.07) is 23.3. The van der Waals surface area contributed by atoms with Gasteiger partial charge in [0.2, 0.25) is 5.91 Å². The number of para-hydroxylation sites is 1. The maximum absolute atomic E-state index is 12.9. The van der Waals surface area contributed by atoms with Gasteiger partial charge in [-0.3, -0.25) is 14.4 Å². The van der Waals surface area contributed by atoms with Gasteiger partial charge in [0, 0.05) is 40.3 Å². The summed E-state index contributed by atoms with van der Waals surface area (Å²) in [5.41, 5.74) is 2.96. The van der Waals surface area contributed by atoms with Crippen molar-refractivity contribution in [3.05, 3.63) is 90.0 Å². The third-order valence-corrected chi connectivity index (χ3v) is 5.13. The highest BCUT2D eigenvalue weighted by Gasteiger charge is 2.16. The molecule has 7 nitrogen and oxygen atoms in total. The zero-order valence-electron chi connectivity index (χ0n) is 20.6. The normalized spacial score (nSPS) is 10.9. The van der Waals surface area contributed by atoms with E-state index in [0.29, 0.717) is 23.4 Å². The Kier molecular flexibility index (Phi) is 8.25. The largest absolute Gasteiger partial charge is 0.376 e. The third kappa shape index (κ3) is 7.43. The zero-order chi connectivity index (χ0) is 25.4. The number of amides is 3. The van der Waals surface area contributed by atoms with Crippen molar-refractivity contribution in [1.82, 2.24) is 5.32 Å². The van der Waals surface area contributed by atoms with Gasteiger partial charge in [0.05, 0.1) is 6.54 Å². The molecule has 35 heavy (non-hydrogen) atoms. The van der Waals surface area contributed by atoms with Gasteiger partial charge in [-0.05, 0) is 88.4 Å². The van der Waals surface area contributed by atoms with Crippen molar-refractivity contribution >= 4 is 34.8 Å². The molecular weight excluding hydrogens is 440 g/mol. The van der Waals surface area contributed by atoms with Crippen LogP contribution in [0.15, 0.2) is 78.9 Å². The van der Waals surface area contributed by atoms with E-state index in [9.17, 15) is 14.4 Å². The number of nitrogens with zero attached hydrogens (tertiary/aromatic N) is 1. The number of rotatable bonds is 8. The minimum Gasteiger partial charge on any atom is -0.376 e. The van der Waals surface area contributed by atoms with Crippen molar-refractivity contribution in [3.63, 3.8) is 0 Å². The van der Waals surface area contributed by atoms with Crippen LogP contribution >= 0.6 is 0 Å². The van der Waals surface area contributed by atoms with Gasteiger partial charge in [0.15, 0.2) is 0 Å². The Morgan fingerprint density at radius 2 is 1.34 bits per heavy atom. The number of anilines is 3. The highest BCUT2D eigenvalue weighted by atomic mass is 16.2. The molecule has 0 saturated carbocycles. The Hall–Kier alpha value is -4.13. The second-order valence-corrected chi connectivity index (χ2v) is 9.15. The predicted molar refractivity (Wildman–Crippen MR) is 141 cm³/mol. The van der Waals surface area contributed by atoms with Crippen LogP contribution < -0.4 is 20.9 Å². The standard InChI is InChI=1S/C28H32N4O3/c1-5-32(24-9-7-6-8-10-24)27(35)21-13-15-22(16-14-21)29-19-25(33)30-23-17-11-20(12-18-23)26(34)31-28(2,3)4/h6-18,29H,5,19H2,1-4H3,(H,30,33)(H,31,34). The Balaban J connectivity index is 1.52. The van der Waals surface area contributed by atoms with Crippen molar-refractivity contribution < 1.29 is 14.4 Å². The van der Waals surface area contributed by atoms with Crippen molar-refractivity contribution in [1.29, 1.82) is 0 Å². The molecule has 182 valence electrons. The Labute approximate surface area is 206 Å².